The molecule has 0 saturated carbocycles. The first-order chi connectivity index (χ1) is 18.0. The standard InChI is InChI=1S/C26H17F5N6O/c1-13-4-18-19(5-13)22(28)21(9-20(18)27)38-25-23(32-3)24(33-11-34-25)36-16-6-15(26(29,30)31)7-17(8-16)37-10-14(2)35-12-37/h5-12H,4H2,1-2H3,(H,33,34,36). The summed E-state index contributed by atoms with van der Waals surface area (Å²) in [5, 5.41) is 2.70. The summed E-state index contributed by atoms with van der Waals surface area (Å²) < 4.78 is 77.5. The van der Waals surface area contributed by atoms with Crippen LogP contribution in [0.15, 0.2) is 48.7 Å². The number of aromatic nitrogens is 4. The average molecular weight is 524 g/mol. The Morgan fingerprint density at radius 1 is 1.08 bits per heavy atom. The zero-order valence-corrected chi connectivity index (χ0v) is 19.9. The second-order valence-electron chi connectivity index (χ2n) is 8.63. The Morgan fingerprint density at radius 3 is 2.55 bits per heavy atom. The first kappa shape index (κ1) is 24.9. The molecule has 2 aromatic carbocycles. The third kappa shape index (κ3) is 4.66. The van der Waals surface area contributed by atoms with E-state index >= 15 is 4.39 Å². The van der Waals surface area contributed by atoms with Crippen LogP contribution < -0.4 is 10.1 Å². The predicted octanol–water partition coefficient (Wildman–Crippen LogP) is 7.31. The Hall–Kier alpha value is -4.79. The fourth-order valence-corrected chi connectivity index (χ4v) is 4.07. The highest BCUT2D eigenvalue weighted by atomic mass is 19.4. The van der Waals surface area contributed by atoms with Gasteiger partial charge < -0.3 is 14.6 Å². The van der Waals surface area contributed by atoms with Gasteiger partial charge in [0, 0.05) is 34.8 Å². The summed E-state index contributed by atoms with van der Waals surface area (Å²) in [5.41, 5.74) is 0.483. The molecule has 0 aliphatic heterocycles. The smallest absolute Gasteiger partial charge is 0.416 e. The Bertz CT molecular complexity index is 1650. The van der Waals surface area contributed by atoms with Gasteiger partial charge in [0.05, 0.1) is 24.2 Å². The van der Waals surface area contributed by atoms with E-state index in [-0.39, 0.29) is 40.4 Å². The van der Waals surface area contributed by atoms with Gasteiger partial charge in [-0.05, 0) is 38.5 Å². The molecule has 7 nitrogen and oxygen atoms in total. The fraction of sp³-hybridized carbons (Fsp3) is 0.154. The van der Waals surface area contributed by atoms with E-state index in [1.807, 2.05) is 0 Å². The third-order valence-corrected chi connectivity index (χ3v) is 5.80. The van der Waals surface area contributed by atoms with Crippen LogP contribution in [0.25, 0.3) is 16.6 Å². The van der Waals surface area contributed by atoms with Crippen LogP contribution in [0.1, 0.15) is 29.3 Å². The maximum absolute atomic E-state index is 15.1. The largest absolute Gasteiger partial charge is 0.446 e. The number of halogens is 5. The van der Waals surface area contributed by atoms with Gasteiger partial charge in [0.2, 0.25) is 5.88 Å². The monoisotopic (exact) mass is 524 g/mol. The van der Waals surface area contributed by atoms with E-state index in [0.29, 0.717) is 5.69 Å². The molecule has 5 rings (SSSR count). The Balaban J connectivity index is 1.53. The molecule has 0 saturated heterocycles. The van der Waals surface area contributed by atoms with Crippen LogP contribution in [0, 0.1) is 25.1 Å². The van der Waals surface area contributed by atoms with Crippen LogP contribution in [0.5, 0.6) is 11.6 Å². The maximum Gasteiger partial charge on any atom is 0.416 e. The van der Waals surface area contributed by atoms with Gasteiger partial charge in [-0.25, -0.2) is 28.6 Å². The molecule has 192 valence electrons. The molecule has 1 N–H and O–H groups in total. The van der Waals surface area contributed by atoms with E-state index in [9.17, 15) is 17.6 Å². The highest BCUT2D eigenvalue weighted by Crippen LogP contribution is 2.41. The Labute approximate surface area is 213 Å². The van der Waals surface area contributed by atoms with Crippen molar-refractivity contribution in [2.45, 2.75) is 26.4 Å². The number of aryl methyl sites for hydroxylation is 1. The van der Waals surface area contributed by atoms with Crippen molar-refractivity contribution in [1.82, 2.24) is 19.5 Å². The predicted molar refractivity (Wildman–Crippen MR) is 129 cm³/mol. The molecule has 0 amide bonds. The molecular weight excluding hydrogens is 507 g/mol. The second kappa shape index (κ2) is 9.26. The fourth-order valence-electron chi connectivity index (χ4n) is 4.07. The summed E-state index contributed by atoms with van der Waals surface area (Å²) in [7, 11) is 0. The summed E-state index contributed by atoms with van der Waals surface area (Å²) in [6.07, 6.45) is 1.04. The van der Waals surface area contributed by atoms with E-state index in [1.165, 1.54) is 23.0 Å². The van der Waals surface area contributed by atoms with Gasteiger partial charge in [0.1, 0.15) is 18.0 Å². The minimum Gasteiger partial charge on any atom is -0.446 e. The van der Waals surface area contributed by atoms with Crippen molar-refractivity contribution in [3.63, 3.8) is 0 Å². The van der Waals surface area contributed by atoms with Crippen molar-refractivity contribution in [2.24, 2.45) is 0 Å². The van der Waals surface area contributed by atoms with Crippen molar-refractivity contribution >= 4 is 23.3 Å². The number of rotatable bonds is 5. The van der Waals surface area contributed by atoms with Crippen molar-refractivity contribution in [2.75, 3.05) is 5.32 Å². The number of hydrogen-bond donors (Lipinski definition) is 1. The van der Waals surface area contributed by atoms with E-state index in [4.69, 9.17) is 11.3 Å². The molecule has 1 aliphatic rings. The summed E-state index contributed by atoms with van der Waals surface area (Å²) >= 11 is 0. The topological polar surface area (TPSA) is 69.2 Å². The first-order valence-electron chi connectivity index (χ1n) is 11.1. The lowest BCUT2D eigenvalue weighted by molar-refractivity contribution is -0.137. The lowest BCUT2D eigenvalue weighted by atomic mass is 10.1. The van der Waals surface area contributed by atoms with Crippen LogP contribution >= 0.6 is 0 Å². The molecule has 38 heavy (non-hydrogen) atoms. The summed E-state index contributed by atoms with van der Waals surface area (Å²) in [6, 6.07) is 4.10. The zero-order chi connectivity index (χ0) is 27.2. The average Bonchev–Trinajstić information content (AvgIpc) is 3.48. The number of benzene rings is 2. The lowest BCUT2D eigenvalue weighted by Gasteiger charge is -2.15. The van der Waals surface area contributed by atoms with Gasteiger partial charge in [-0.1, -0.05) is 11.6 Å². The number of hydrogen-bond acceptors (Lipinski definition) is 5. The molecule has 4 aromatic rings. The normalized spacial score (nSPS) is 12.6. The van der Waals surface area contributed by atoms with Crippen LogP contribution in [-0.4, -0.2) is 19.5 Å². The summed E-state index contributed by atoms with van der Waals surface area (Å²) in [6.45, 7) is 11.0. The van der Waals surface area contributed by atoms with Crippen LogP contribution in [0.2, 0.25) is 0 Å². The van der Waals surface area contributed by atoms with E-state index in [0.717, 1.165) is 30.1 Å². The van der Waals surface area contributed by atoms with Crippen LogP contribution in [-0.2, 0) is 12.6 Å². The molecular formula is C26H17F5N6O. The molecule has 1 aliphatic carbocycles. The molecule has 2 aromatic heterocycles. The number of nitrogens with one attached hydrogen (secondary N) is 1. The Kier molecular flexibility index (Phi) is 6.06. The molecule has 0 atom stereocenters. The SMILES string of the molecule is [C-]#[N+]c1c(Nc2cc(-n3cnc(C)c3)cc(C(F)(F)F)c2)ncnc1Oc1cc(F)c2c(c1F)C=C(C)C2. The van der Waals surface area contributed by atoms with Gasteiger partial charge in [-0.2, -0.15) is 13.2 Å². The van der Waals surface area contributed by atoms with E-state index in [1.54, 1.807) is 20.0 Å². The summed E-state index contributed by atoms with van der Waals surface area (Å²) in [5.74, 6) is -2.56. The summed E-state index contributed by atoms with van der Waals surface area (Å²) in [4.78, 5) is 15.2. The number of alkyl halides is 3. The quantitative estimate of drug-likeness (QED) is 0.219. The van der Waals surface area contributed by atoms with Gasteiger partial charge in [-0.15, -0.1) is 0 Å². The van der Waals surface area contributed by atoms with Crippen LogP contribution in [0.4, 0.5) is 39.1 Å². The molecule has 12 heteroatoms. The molecule has 2 heterocycles. The first-order valence-corrected chi connectivity index (χ1v) is 11.1. The minimum absolute atomic E-state index is 0.0360. The lowest BCUT2D eigenvalue weighted by Crippen LogP contribution is -2.08. The van der Waals surface area contributed by atoms with E-state index in [2.05, 4.69) is 25.1 Å². The number of imidazole rings is 1. The van der Waals surface area contributed by atoms with E-state index < -0.39 is 35.0 Å². The number of allylic oxidation sites excluding steroid dienone is 1. The van der Waals surface area contributed by atoms with Gasteiger partial charge in [-0.3, -0.25) is 0 Å². The van der Waals surface area contributed by atoms with Crippen LogP contribution in [0.3, 0.4) is 0 Å². The van der Waals surface area contributed by atoms with Gasteiger partial charge >= 0.3 is 6.18 Å². The number of fused-ring (bicyclic) bond motifs is 1. The number of anilines is 2. The van der Waals surface area contributed by atoms with Gasteiger partial charge in [0.25, 0.3) is 5.69 Å². The van der Waals surface area contributed by atoms with Crippen molar-refractivity contribution < 1.29 is 26.7 Å². The molecule has 0 radical (unpaired) electrons. The van der Waals surface area contributed by atoms with Crippen molar-refractivity contribution in [3.05, 3.63) is 94.1 Å². The molecule has 0 fully saturated rings. The molecule has 0 unspecified atom stereocenters. The van der Waals surface area contributed by atoms with Crippen molar-refractivity contribution in [3.8, 4) is 17.3 Å². The zero-order valence-electron chi connectivity index (χ0n) is 19.9. The number of ether oxygens (including phenoxy) is 1. The van der Waals surface area contributed by atoms with Gasteiger partial charge in [0.15, 0.2) is 11.6 Å². The highest BCUT2D eigenvalue weighted by Gasteiger charge is 2.32. The second-order valence-corrected chi connectivity index (χ2v) is 8.63. The molecule has 0 bridgehead atoms. The minimum atomic E-state index is -4.66. The number of nitrogens with zero attached hydrogens (tertiary/aromatic N) is 5. The third-order valence-electron chi connectivity index (χ3n) is 5.80. The maximum atomic E-state index is 15.1. The molecule has 0 spiro atoms. The Morgan fingerprint density at radius 2 is 1.87 bits per heavy atom. The highest BCUT2D eigenvalue weighted by molar-refractivity contribution is 5.76. The van der Waals surface area contributed by atoms with Crippen molar-refractivity contribution in [1.29, 1.82) is 0 Å².